The van der Waals surface area contributed by atoms with Crippen molar-refractivity contribution in [2.24, 2.45) is 5.92 Å². The minimum absolute atomic E-state index is 0.275. The van der Waals surface area contributed by atoms with Gasteiger partial charge in [-0.2, -0.15) is 5.10 Å². The Kier molecular flexibility index (Phi) is 6.80. The highest BCUT2D eigenvalue weighted by Gasteiger charge is 2.28. The standard InChI is InChI=1S/C25H30N6O3/c32-23(33)14-17-3-6-20(7-4-17)34-21-9-12-31(13-10-21)22-8-5-19(16-27-22)25-28-24(29-30-25)18-2-1-11-26-15-18/h1-2,5,8,11,15-17,20-21H,3-4,6-7,9-10,12-14H2,(H,32,33)(H,28,29,30)/t17-,20+. The monoisotopic (exact) mass is 462 g/mol. The zero-order valence-corrected chi connectivity index (χ0v) is 19.1. The number of piperidine rings is 1. The van der Waals surface area contributed by atoms with Crippen molar-refractivity contribution < 1.29 is 14.6 Å². The van der Waals surface area contributed by atoms with Crippen molar-refractivity contribution in [3.63, 3.8) is 0 Å². The number of rotatable bonds is 7. The number of H-pyrrole nitrogens is 1. The van der Waals surface area contributed by atoms with E-state index in [0.717, 1.165) is 68.6 Å². The summed E-state index contributed by atoms with van der Waals surface area (Å²) in [6, 6.07) is 7.85. The zero-order valence-electron chi connectivity index (χ0n) is 19.1. The molecule has 1 aliphatic carbocycles. The fourth-order valence-corrected chi connectivity index (χ4v) is 4.94. The summed E-state index contributed by atoms with van der Waals surface area (Å²) in [5.74, 6) is 1.89. The third kappa shape index (κ3) is 5.41. The molecule has 0 amide bonds. The van der Waals surface area contributed by atoms with Crippen molar-refractivity contribution in [3.8, 4) is 22.8 Å². The predicted molar refractivity (Wildman–Crippen MR) is 127 cm³/mol. The fourth-order valence-electron chi connectivity index (χ4n) is 4.94. The Morgan fingerprint density at radius 1 is 1.03 bits per heavy atom. The first kappa shape index (κ1) is 22.5. The highest BCUT2D eigenvalue weighted by Crippen LogP contribution is 2.31. The lowest BCUT2D eigenvalue weighted by molar-refractivity contribution is -0.138. The van der Waals surface area contributed by atoms with E-state index in [1.54, 1.807) is 12.4 Å². The molecule has 1 saturated carbocycles. The highest BCUT2D eigenvalue weighted by atomic mass is 16.5. The normalized spacial score (nSPS) is 21.5. The first-order valence-electron chi connectivity index (χ1n) is 12.1. The van der Waals surface area contributed by atoms with E-state index in [4.69, 9.17) is 9.84 Å². The average Bonchev–Trinajstić information content (AvgIpc) is 3.37. The van der Waals surface area contributed by atoms with Crippen LogP contribution in [0.5, 0.6) is 0 Å². The molecule has 4 heterocycles. The quantitative estimate of drug-likeness (QED) is 0.542. The van der Waals surface area contributed by atoms with Gasteiger partial charge in [-0.1, -0.05) is 0 Å². The van der Waals surface area contributed by atoms with Gasteiger partial charge in [-0.3, -0.25) is 14.9 Å². The number of hydrogen-bond acceptors (Lipinski definition) is 7. The molecule has 1 saturated heterocycles. The van der Waals surface area contributed by atoms with Gasteiger partial charge in [0.25, 0.3) is 0 Å². The maximum absolute atomic E-state index is 10.9. The number of nitrogens with one attached hydrogen (secondary N) is 1. The number of anilines is 1. The molecule has 9 heteroatoms. The van der Waals surface area contributed by atoms with E-state index in [1.807, 2.05) is 30.5 Å². The lowest BCUT2D eigenvalue weighted by Gasteiger charge is -2.36. The Labute approximate surface area is 198 Å². The third-order valence-electron chi connectivity index (χ3n) is 6.83. The van der Waals surface area contributed by atoms with Crippen molar-refractivity contribution in [2.45, 2.75) is 57.2 Å². The van der Waals surface area contributed by atoms with Gasteiger partial charge in [0.2, 0.25) is 0 Å². The maximum atomic E-state index is 10.9. The molecule has 2 N–H and O–H groups in total. The summed E-state index contributed by atoms with van der Waals surface area (Å²) in [6.07, 6.45) is 12.0. The van der Waals surface area contributed by atoms with Crippen LogP contribution in [0, 0.1) is 5.92 Å². The first-order chi connectivity index (χ1) is 16.6. The van der Waals surface area contributed by atoms with E-state index in [2.05, 4.69) is 30.0 Å². The number of nitrogens with zero attached hydrogens (tertiary/aromatic N) is 5. The van der Waals surface area contributed by atoms with Crippen LogP contribution in [0.4, 0.5) is 5.82 Å². The van der Waals surface area contributed by atoms with E-state index in [-0.39, 0.29) is 12.2 Å². The highest BCUT2D eigenvalue weighted by molar-refractivity contribution is 5.67. The van der Waals surface area contributed by atoms with E-state index in [0.29, 0.717) is 24.0 Å². The molecule has 34 heavy (non-hydrogen) atoms. The van der Waals surface area contributed by atoms with Gasteiger partial charge < -0.3 is 14.7 Å². The molecule has 2 fully saturated rings. The Bertz CT molecular complexity index is 1070. The minimum Gasteiger partial charge on any atom is -0.481 e. The van der Waals surface area contributed by atoms with Crippen molar-refractivity contribution in [1.29, 1.82) is 0 Å². The Morgan fingerprint density at radius 3 is 2.50 bits per heavy atom. The number of pyridine rings is 2. The summed E-state index contributed by atoms with van der Waals surface area (Å²) < 4.78 is 6.37. The van der Waals surface area contributed by atoms with Crippen LogP contribution in [-0.2, 0) is 9.53 Å². The number of carboxylic acids is 1. The molecule has 9 nitrogen and oxygen atoms in total. The van der Waals surface area contributed by atoms with Gasteiger partial charge in [-0.05, 0) is 68.7 Å². The zero-order chi connectivity index (χ0) is 23.3. The Hall–Kier alpha value is -3.33. The van der Waals surface area contributed by atoms with Crippen LogP contribution in [0.15, 0.2) is 42.9 Å². The second kappa shape index (κ2) is 10.3. The first-order valence-corrected chi connectivity index (χ1v) is 12.1. The van der Waals surface area contributed by atoms with Gasteiger partial charge in [0.1, 0.15) is 5.82 Å². The average molecular weight is 463 g/mol. The minimum atomic E-state index is -0.686. The topological polar surface area (TPSA) is 117 Å². The van der Waals surface area contributed by atoms with Crippen LogP contribution in [0.25, 0.3) is 22.8 Å². The second-order valence-corrected chi connectivity index (χ2v) is 9.22. The van der Waals surface area contributed by atoms with Crippen molar-refractivity contribution in [1.82, 2.24) is 25.1 Å². The maximum Gasteiger partial charge on any atom is 0.303 e. The molecule has 0 spiro atoms. The van der Waals surface area contributed by atoms with Crippen LogP contribution >= 0.6 is 0 Å². The van der Waals surface area contributed by atoms with Crippen LogP contribution in [0.1, 0.15) is 44.9 Å². The molecule has 5 rings (SSSR count). The van der Waals surface area contributed by atoms with E-state index < -0.39 is 5.97 Å². The number of carboxylic acid groups (broad SMARTS) is 1. The van der Waals surface area contributed by atoms with Crippen molar-refractivity contribution >= 4 is 11.8 Å². The molecule has 1 aliphatic heterocycles. The summed E-state index contributed by atoms with van der Waals surface area (Å²) in [4.78, 5) is 26.6. The number of hydrogen-bond donors (Lipinski definition) is 2. The van der Waals surface area contributed by atoms with Gasteiger partial charge in [-0.15, -0.1) is 0 Å². The molecule has 2 aliphatic rings. The number of aromatic nitrogens is 5. The molecular formula is C25H30N6O3. The number of aromatic amines is 1. The van der Waals surface area contributed by atoms with Gasteiger partial charge in [0.15, 0.2) is 11.6 Å². The van der Waals surface area contributed by atoms with Crippen LogP contribution < -0.4 is 4.90 Å². The molecule has 0 atom stereocenters. The van der Waals surface area contributed by atoms with Crippen molar-refractivity contribution in [3.05, 3.63) is 42.9 Å². The second-order valence-electron chi connectivity index (χ2n) is 9.22. The smallest absolute Gasteiger partial charge is 0.303 e. The van der Waals surface area contributed by atoms with Gasteiger partial charge in [0, 0.05) is 49.2 Å². The Balaban J connectivity index is 1.11. The van der Waals surface area contributed by atoms with Gasteiger partial charge in [-0.25, -0.2) is 9.97 Å². The molecule has 0 bridgehead atoms. The molecule has 0 aromatic carbocycles. The molecule has 178 valence electrons. The summed E-state index contributed by atoms with van der Waals surface area (Å²) in [6.45, 7) is 1.83. The molecule has 3 aromatic rings. The van der Waals surface area contributed by atoms with Gasteiger partial charge in [0.05, 0.1) is 12.2 Å². The summed E-state index contributed by atoms with van der Waals surface area (Å²) in [5.41, 5.74) is 1.76. The fraction of sp³-hybridized carbons (Fsp3) is 0.480. The molecule has 0 unspecified atom stereocenters. The lowest BCUT2D eigenvalue weighted by atomic mass is 9.85. The van der Waals surface area contributed by atoms with E-state index in [9.17, 15) is 4.79 Å². The third-order valence-corrected chi connectivity index (χ3v) is 6.83. The van der Waals surface area contributed by atoms with Crippen LogP contribution in [-0.4, -0.2) is 61.5 Å². The molecular weight excluding hydrogens is 432 g/mol. The molecule has 3 aromatic heterocycles. The van der Waals surface area contributed by atoms with E-state index in [1.165, 1.54) is 0 Å². The van der Waals surface area contributed by atoms with Gasteiger partial charge >= 0.3 is 5.97 Å². The van der Waals surface area contributed by atoms with Crippen LogP contribution in [0.3, 0.4) is 0 Å². The van der Waals surface area contributed by atoms with Crippen LogP contribution in [0.2, 0.25) is 0 Å². The number of carbonyl (C=O) groups is 1. The number of aliphatic carboxylic acids is 1. The summed E-state index contributed by atoms with van der Waals surface area (Å²) >= 11 is 0. The van der Waals surface area contributed by atoms with E-state index >= 15 is 0 Å². The largest absolute Gasteiger partial charge is 0.481 e. The summed E-state index contributed by atoms with van der Waals surface area (Å²) in [7, 11) is 0. The number of ether oxygens (including phenoxy) is 1. The summed E-state index contributed by atoms with van der Waals surface area (Å²) in [5, 5.41) is 16.3. The molecule has 0 radical (unpaired) electrons. The van der Waals surface area contributed by atoms with Crippen molar-refractivity contribution in [2.75, 3.05) is 18.0 Å². The lowest BCUT2D eigenvalue weighted by Crippen LogP contribution is -2.39. The SMILES string of the molecule is O=C(O)C[C@H]1CC[C@@H](OC2CCN(c3ccc(-c4nc(-c5cccnc5)n[nH]4)cn3)CC2)CC1. The Morgan fingerprint density at radius 2 is 1.82 bits per heavy atom. The predicted octanol–water partition coefficient (Wildman–Crippen LogP) is 3.95.